The van der Waals surface area contributed by atoms with E-state index >= 15 is 0 Å². The van der Waals surface area contributed by atoms with E-state index in [4.69, 9.17) is 23.1 Å². The Hall–Kier alpha value is -1.33. The molecular formula is C19H26O8S. The molecule has 0 aliphatic carbocycles. The van der Waals surface area contributed by atoms with Gasteiger partial charge in [0.1, 0.15) is 24.9 Å². The van der Waals surface area contributed by atoms with Gasteiger partial charge in [0.2, 0.25) is 0 Å². The van der Waals surface area contributed by atoms with Crippen LogP contribution in [-0.2, 0) is 33.2 Å². The minimum Gasteiger partial charge on any atom is -0.386 e. The second-order valence-corrected chi connectivity index (χ2v) is 9.02. The van der Waals surface area contributed by atoms with Crippen LogP contribution in [-0.4, -0.2) is 63.2 Å². The molecule has 2 fully saturated rings. The van der Waals surface area contributed by atoms with Crippen molar-refractivity contribution in [2.45, 2.75) is 61.7 Å². The third-order valence-corrected chi connectivity index (χ3v) is 6.21. The number of benzene rings is 1. The molecule has 156 valence electrons. The lowest BCUT2D eigenvalue weighted by molar-refractivity contribution is -0.261. The summed E-state index contributed by atoms with van der Waals surface area (Å²) in [6, 6.07) is 6.24. The average molecular weight is 414 g/mol. The van der Waals surface area contributed by atoms with Gasteiger partial charge in [0.05, 0.1) is 4.90 Å². The minimum atomic E-state index is -4.09. The van der Waals surface area contributed by atoms with Crippen LogP contribution in [0.25, 0.3) is 0 Å². The summed E-state index contributed by atoms with van der Waals surface area (Å²) in [6.45, 7) is 8.38. The summed E-state index contributed by atoms with van der Waals surface area (Å²) < 4.78 is 53.5. The van der Waals surface area contributed by atoms with Crippen molar-refractivity contribution in [2.75, 3.05) is 13.7 Å². The molecule has 2 aliphatic rings. The fourth-order valence-corrected chi connectivity index (χ4v) is 4.47. The highest BCUT2D eigenvalue weighted by atomic mass is 32.2. The fourth-order valence-electron chi connectivity index (χ4n) is 3.53. The van der Waals surface area contributed by atoms with Crippen molar-refractivity contribution < 1.29 is 36.7 Å². The molecule has 0 saturated carbocycles. The quantitative estimate of drug-likeness (QED) is 0.529. The molecule has 0 radical (unpaired) electrons. The summed E-state index contributed by atoms with van der Waals surface area (Å²) in [5.74, 6) is -0.897. The smallest absolute Gasteiger partial charge is 0.297 e. The molecule has 5 atom stereocenters. The van der Waals surface area contributed by atoms with E-state index in [1.807, 2.05) is 6.92 Å². The van der Waals surface area contributed by atoms with Crippen LogP contribution >= 0.6 is 0 Å². The molecule has 3 rings (SSSR count). The summed E-state index contributed by atoms with van der Waals surface area (Å²) in [7, 11) is -2.66. The lowest BCUT2D eigenvalue weighted by Gasteiger charge is -2.37. The van der Waals surface area contributed by atoms with Gasteiger partial charge in [-0.05, 0) is 32.9 Å². The zero-order valence-electron chi connectivity index (χ0n) is 16.3. The van der Waals surface area contributed by atoms with E-state index in [0.29, 0.717) is 0 Å². The molecule has 2 heterocycles. The van der Waals surface area contributed by atoms with E-state index in [9.17, 15) is 13.5 Å². The number of hydrogen-bond donors (Lipinski definition) is 1. The number of aliphatic hydroxyl groups excluding tert-OH is 1. The molecule has 1 aromatic carbocycles. The normalized spacial score (nSPS) is 32.8. The van der Waals surface area contributed by atoms with Crippen LogP contribution < -0.4 is 0 Å². The van der Waals surface area contributed by atoms with Crippen molar-refractivity contribution in [2.24, 2.45) is 0 Å². The molecule has 9 heteroatoms. The van der Waals surface area contributed by atoms with E-state index in [1.54, 1.807) is 26.0 Å². The number of aliphatic hydroxyl groups is 1. The van der Waals surface area contributed by atoms with Gasteiger partial charge >= 0.3 is 0 Å². The summed E-state index contributed by atoms with van der Waals surface area (Å²) in [5.41, 5.74) is -0.652. The number of methoxy groups -OCH3 is 1. The van der Waals surface area contributed by atoms with Crippen LogP contribution in [0.5, 0.6) is 0 Å². The molecule has 2 aliphatic heterocycles. The first kappa shape index (κ1) is 21.4. The van der Waals surface area contributed by atoms with Gasteiger partial charge in [0, 0.05) is 7.11 Å². The number of rotatable bonds is 7. The highest BCUT2D eigenvalue weighted by Gasteiger charge is 2.65. The summed E-state index contributed by atoms with van der Waals surface area (Å²) >= 11 is 0. The van der Waals surface area contributed by atoms with E-state index < -0.39 is 52.7 Å². The topological polar surface area (TPSA) is 101 Å². The van der Waals surface area contributed by atoms with Gasteiger partial charge in [-0.1, -0.05) is 23.8 Å². The Morgan fingerprint density at radius 1 is 1.25 bits per heavy atom. The monoisotopic (exact) mass is 414 g/mol. The highest BCUT2D eigenvalue weighted by Crippen LogP contribution is 2.45. The standard InChI is InChI=1S/C19H26O8S/c1-6-14(20)19(11-24-28(21,22)13-9-7-12(2)8-10-13)16(23-5)15-17(27-19)26-18(3,4)25-15/h6-10,14-17,20H,1,11H2,2-5H3/t14-,15+,16-,17-,19+/m0/s1. The van der Waals surface area contributed by atoms with Crippen molar-refractivity contribution in [3.05, 3.63) is 42.5 Å². The van der Waals surface area contributed by atoms with Crippen LogP contribution in [0, 0.1) is 6.92 Å². The van der Waals surface area contributed by atoms with Crippen LogP contribution in [0.3, 0.4) is 0 Å². The first-order valence-electron chi connectivity index (χ1n) is 8.87. The van der Waals surface area contributed by atoms with E-state index in [-0.39, 0.29) is 4.90 Å². The van der Waals surface area contributed by atoms with Crippen molar-refractivity contribution in [3.63, 3.8) is 0 Å². The predicted octanol–water partition coefficient (Wildman–Crippen LogP) is 1.51. The summed E-state index contributed by atoms with van der Waals surface area (Å²) in [4.78, 5) is 0.00198. The Morgan fingerprint density at radius 3 is 2.46 bits per heavy atom. The van der Waals surface area contributed by atoms with Crippen molar-refractivity contribution >= 4 is 10.1 Å². The third-order valence-electron chi connectivity index (χ3n) is 4.93. The average Bonchev–Trinajstić information content (AvgIpc) is 3.08. The Bertz CT molecular complexity index is 819. The largest absolute Gasteiger partial charge is 0.386 e. The molecule has 1 aromatic rings. The van der Waals surface area contributed by atoms with Crippen molar-refractivity contribution in [3.8, 4) is 0 Å². The Balaban J connectivity index is 1.87. The molecule has 8 nitrogen and oxygen atoms in total. The van der Waals surface area contributed by atoms with Crippen LogP contribution in [0.4, 0.5) is 0 Å². The van der Waals surface area contributed by atoms with E-state index in [2.05, 4.69) is 6.58 Å². The number of ether oxygens (including phenoxy) is 4. The second kappa shape index (κ2) is 7.49. The SMILES string of the molecule is C=C[C@H](O)[C@@]1(COS(=O)(=O)c2ccc(C)cc2)O[C@@H]2OC(C)(C)O[C@@H]2[C@@H]1OC. The lowest BCUT2D eigenvalue weighted by Crippen LogP contribution is -2.57. The Labute approximate surface area is 165 Å². The van der Waals surface area contributed by atoms with Crippen LogP contribution in [0.15, 0.2) is 41.8 Å². The molecule has 2 saturated heterocycles. The van der Waals surface area contributed by atoms with Crippen LogP contribution in [0.1, 0.15) is 19.4 Å². The van der Waals surface area contributed by atoms with Gasteiger partial charge in [-0.3, -0.25) is 4.18 Å². The molecule has 0 bridgehead atoms. The van der Waals surface area contributed by atoms with Crippen LogP contribution in [0.2, 0.25) is 0 Å². The maximum atomic E-state index is 12.6. The second-order valence-electron chi connectivity index (χ2n) is 7.41. The van der Waals surface area contributed by atoms with Crippen molar-refractivity contribution in [1.82, 2.24) is 0 Å². The van der Waals surface area contributed by atoms with Gasteiger partial charge in [-0.15, -0.1) is 6.58 Å². The first-order chi connectivity index (χ1) is 13.0. The van der Waals surface area contributed by atoms with E-state index in [0.717, 1.165) is 5.56 Å². The first-order valence-corrected chi connectivity index (χ1v) is 10.3. The van der Waals surface area contributed by atoms with E-state index in [1.165, 1.54) is 25.3 Å². The molecule has 0 amide bonds. The number of fused-ring (bicyclic) bond motifs is 1. The highest BCUT2D eigenvalue weighted by molar-refractivity contribution is 7.86. The lowest BCUT2D eigenvalue weighted by atomic mass is 9.89. The molecule has 0 spiro atoms. The fraction of sp³-hybridized carbons (Fsp3) is 0.579. The predicted molar refractivity (Wildman–Crippen MR) is 99.0 cm³/mol. The Kier molecular flexibility index (Phi) is 5.72. The number of hydrogen-bond acceptors (Lipinski definition) is 8. The zero-order chi connectivity index (χ0) is 20.7. The van der Waals surface area contributed by atoms with Gasteiger partial charge < -0.3 is 24.1 Å². The minimum absolute atomic E-state index is 0.00198. The maximum absolute atomic E-state index is 12.6. The van der Waals surface area contributed by atoms with Gasteiger partial charge in [-0.25, -0.2) is 0 Å². The van der Waals surface area contributed by atoms with Gasteiger partial charge in [0.25, 0.3) is 10.1 Å². The molecule has 1 N–H and O–H groups in total. The summed E-state index contributed by atoms with van der Waals surface area (Å²) in [6.07, 6.45) is -2.41. The van der Waals surface area contributed by atoms with Gasteiger partial charge in [0.15, 0.2) is 17.7 Å². The summed E-state index contributed by atoms with van der Waals surface area (Å²) in [5, 5.41) is 10.6. The number of aryl methyl sites for hydroxylation is 1. The van der Waals surface area contributed by atoms with Gasteiger partial charge in [-0.2, -0.15) is 8.42 Å². The molecule has 0 unspecified atom stereocenters. The molecular weight excluding hydrogens is 388 g/mol. The van der Waals surface area contributed by atoms with Crippen molar-refractivity contribution in [1.29, 1.82) is 0 Å². The molecule has 0 aromatic heterocycles. The Morgan fingerprint density at radius 2 is 1.89 bits per heavy atom. The maximum Gasteiger partial charge on any atom is 0.297 e. The molecule has 28 heavy (non-hydrogen) atoms. The zero-order valence-corrected chi connectivity index (χ0v) is 17.1. The third kappa shape index (κ3) is 3.76.